The molecular formula is C16H17N3O2. The average molecular weight is 283 g/mol. The lowest BCUT2D eigenvalue weighted by Gasteiger charge is -2.11. The first-order valence-corrected chi connectivity index (χ1v) is 6.76. The molecule has 0 spiro atoms. The van der Waals surface area contributed by atoms with Gasteiger partial charge in [-0.25, -0.2) is 0 Å². The number of carbonyl (C=O) groups is 2. The van der Waals surface area contributed by atoms with E-state index in [4.69, 9.17) is 0 Å². The topological polar surface area (TPSA) is 71.1 Å². The number of para-hydroxylation sites is 1. The Kier molecular flexibility index (Phi) is 5.04. The number of anilines is 1. The molecule has 108 valence electrons. The molecule has 2 rings (SSSR count). The van der Waals surface area contributed by atoms with E-state index in [1.54, 1.807) is 25.3 Å². The number of nitrogens with one attached hydrogen (secondary N) is 2. The number of hydrogen-bond acceptors (Lipinski definition) is 3. The van der Waals surface area contributed by atoms with Crippen molar-refractivity contribution < 1.29 is 9.59 Å². The minimum atomic E-state index is -0.225. The van der Waals surface area contributed by atoms with Gasteiger partial charge in [0, 0.05) is 31.0 Å². The molecule has 0 aliphatic heterocycles. The second-order valence-corrected chi connectivity index (χ2v) is 4.48. The summed E-state index contributed by atoms with van der Waals surface area (Å²) in [6.45, 7) is 2.18. The van der Waals surface area contributed by atoms with Crippen molar-refractivity contribution >= 4 is 17.5 Å². The van der Waals surface area contributed by atoms with E-state index in [0.717, 1.165) is 5.56 Å². The van der Waals surface area contributed by atoms with Crippen LogP contribution in [0.15, 0.2) is 48.8 Å². The Hall–Kier alpha value is -2.69. The molecule has 2 amide bonds. The molecular weight excluding hydrogens is 266 g/mol. The quantitative estimate of drug-likeness (QED) is 0.885. The van der Waals surface area contributed by atoms with Gasteiger partial charge in [-0.2, -0.15) is 0 Å². The third-order valence-corrected chi connectivity index (χ3v) is 2.99. The van der Waals surface area contributed by atoms with Gasteiger partial charge in [0.15, 0.2) is 0 Å². The molecule has 21 heavy (non-hydrogen) atoms. The smallest absolute Gasteiger partial charge is 0.257 e. The van der Waals surface area contributed by atoms with E-state index >= 15 is 0 Å². The molecule has 2 N–H and O–H groups in total. The third kappa shape index (κ3) is 4.14. The molecule has 2 aromatic rings. The summed E-state index contributed by atoms with van der Waals surface area (Å²) in [5.41, 5.74) is 2.03. The maximum Gasteiger partial charge on any atom is 0.257 e. The first kappa shape index (κ1) is 14.7. The summed E-state index contributed by atoms with van der Waals surface area (Å²) in [7, 11) is 0. The molecule has 0 bridgehead atoms. The number of pyridine rings is 1. The van der Waals surface area contributed by atoms with Crippen molar-refractivity contribution in [2.75, 3.05) is 5.32 Å². The van der Waals surface area contributed by atoms with E-state index in [2.05, 4.69) is 15.6 Å². The number of hydrogen-bond donors (Lipinski definition) is 2. The van der Waals surface area contributed by atoms with Crippen LogP contribution < -0.4 is 10.6 Å². The van der Waals surface area contributed by atoms with Gasteiger partial charge in [0.1, 0.15) is 0 Å². The van der Waals surface area contributed by atoms with Crippen LogP contribution in [0.3, 0.4) is 0 Å². The second-order valence-electron chi connectivity index (χ2n) is 4.48. The zero-order chi connectivity index (χ0) is 15.1. The van der Waals surface area contributed by atoms with Gasteiger partial charge in [0.05, 0.1) is 5.56 Å². The summed E-state index contributed by atoms with van der Waals surface area (Å²) >= 11 is 0. The van der Waals surface area contributed by atoms with Crippen molar-refractivity contribution in [1.29, 1.82) is 0 Å². The largest absolute Gasteiger partial charge is 0.352 e. The van der Waals surface area contributed by atoms with Crippen LogP contribution in [-0.4, -0.2) is 16.8 Å². The Labute approximate surface area is 123 Å². The van der Waals surface area contributed by atoms with Gasteiger partial charge in [0.2, 0.25) is 5.91 Å². The number of carbonyl (C=O) groups excluding carboxylic acids is 2. The van der Waals surface area contributed by atoms with Crippen LogP contribution in [0.25, 0.3) is 0 Å². The molecule has 0 unspecified atom stereocenters. The Balaban J connectivity index is 2.09. The van der Waals surface area contributed by atoms with Gasteiger partial charge < -0.3 is 10.6 Å². The predicted molar refractivity (Wildman–Crippen MR) is 80.8 cm³/mol. The maximum absolute atomic E-state index is 12.1. The van der Waals surface area contributed by atoms with Gasteiger partial charge in [-0.3, -0.25) is 14.6 Å². The number of aromatic nitrogens is 1. The molecule has 0 atom stereocenters. The summed E-state index contributed by atoms with van der Waals surface area (Å²) in [5, 5.41) is 5.64. The standard InChI is InChI=1S/C16H17N3O2/c1-2-15(20)18-11-12-6-3-4-8-14(12)19-16(21)13-7-5-9-17-10-13/h3-10H,2,11H2,1H3,(H,18,20)(H,19,21). The fourth-order valence-corrected chi connectivity index (χ4v) is 1.81. The van der Waals surface area contributed by atoms with Crippen LogP contribution in [0.1, 0.15) is 29.3 Å². The van der Waals surface area contributed by atoms with Gasteiger partial charge >= 0.3 is 0 Å². The van der Waals surface area contributed by atoms with Crippen molar-refractivity contribution in [1.82, 2.24) is 10.3 Å². The molecule has 0 saturated carbocycles. The Morgan fingerprint density at radius 2 is 1.95 bits per heavy atom. The van der Waals surface area contributed by atoms with Crippen LogP contribution in [0, 0.1) is 0 Å². The van der Waals surface area contributed by atoms with E-state index < -0.39 is 0 Å². The van der Waals surface area contributed by atoms with E-state index in [1.165, 1.54) is 6.20 Å². The third-order valence-electron chi connectivity index (χ3n) is 2.99. The van der Waals surface area contributed by atoms with Crippen LogP contribution in [0.2, 0.25) is 0 Å². The van der Waals surface area contributed by atoms with Crippen LogP contribution in [-0.2, 0) is 11.3 Å². The highest BCUT2D eigenvalue weighted by atomic mass is 16.2. The van der Waals surface area contributed by atoms with E-state index in [1.807, 2.05) is 24.3 Å². The first-order valence-electron chi connectivity index (χ1n) is 6.76. The number of nitrogens with zero attached hydrogens (tertiary/aromatic N) is 1. The van der Waals surface area contributed by atoms with Gasteiger partial charge in [-0.05, 0) is 23.8 Å². The van der Waals surface area contributed by atoms with Gasteiger partial charge in [0.25, 0.3) is 5.91 Å². The lowest BCUT2D eigenvalue weighted by molar-refractivity contribution is -0.120. The monoisotopic (exact) mass is 283 g/mol. The molecule has 1 aromatic heterocycles. The normalized spacial score (nSPS) is 9.95. The molecule has 1 aromatic carbocycles. The minimum absolute atomic E-state index is 0.0246. The lowest BCUT2D eigenvalue weighted by atomic mass is 10.1. The van der Waals surface area contributed by atoms with Crippen molar-refractivity contribution in [3.63, 3.8) is 0 Å². The highest BCUT2D eigenvalue weighted by Crippen LogP contribution is 2.16. The molecule has 0 saturated heterocycles. The number of benzene rings is 1. The zero-order valence-corrected chi connectivity index (χ0v) is 11.8. The molecule has 0 radical (unpaired) electrons. The summed E-state index contributed by atoms with van der Waals surface area (Å²) in [6, 6.07) is 10.8. The maximum atomic E-state index is 12.1. The minimum Gasteiger partial charge on any atom is -0.352 e. The average Bonchev–Trinajstić information content (AvgIpc) is 2.54. The number of amides is 2. The summed E-state index contributed by atoms with van der Waals surface area (Å²) in [6.07, 6.45) is 3.56. The van der Waals surface area contributed by atoms with Crippen LogP contribution >= 0.6 is 0 Å². The van der Waals surface area contributed by atoms with E-state index in [0.29, 0.717) is 24.2 Å². The van der Waals surface area contributed by atoms with Crippen LogP contribution in [0.5, 0.6) is 0 Å². The second kappa shape index (κ2) is 7.19. The fraction of sp³-hybridized carbons (Fsp3) is 0.188. The summed E-state index contributed by atoms with van der Waals surface area (Å²) < 4.78 is 0. The molecule has 5 heteroatoms. The van der Waals surface area contributed by atoms with Crippen molar-refractivity contribution in [3.05, 3.63) is 59.9 Å². The van der Waals surface area contributed by atoms with E-state index in [-0.39, 0.29) is 11.8 Å². The first-order chi connectivity index (χ1) is 10.2. The number of rotatable bonds is 5. The Morgan fingerprint density at radius 1 is 1.14 bits per heavy atom. The SMILES string of the molecule is CCC(=O)NCc1ccccc1NC(=O)c1cccnc1. The summed E-state index contributed by atoms with van der Waals surface area (Å²) in [4.78, 5) is 27.4. The highest BCUT2D eigenvalue weighted by molar-refractivity contribution is 6.04. The van der Waals surface area contributed by atoms with Crippen LogP contribution in [0.4, 0.5) is 5.69 Å². The fourth-order valence-electron chi connectivity index (χ4n) is 1.81. The van der Waals surface area contributed by atoms with E-state index in [9.17, 15) is 9.59 Å². The summed E-state index contributed by atoms with van der Waals surface area (Å²) in [5.74, 6) is -0.249. The van der Waals surface area contributed by atoms with Gasteiger partial charge in [-0.15, -0.1) is 0 Å². The molecule has 1 heterocycles. The van der Waals surface area contributed by atoms with Crippen molar-refractivity contribution in [3.8, 4) is 0 Å². The molecule has 0 aliphatic rings. The molecule has 0 fully saturated rings. The van der Waals surface area contributed by atoms with Gasteiger partial charge in [-0.1, -0.05) is 25.1 Å². The zero-order valence-electron chi connectivity index (χ0n) is 11.8. The predicted octanol–water partition coefficient (Wildman–Crippen LogP) is 2.36. The highest BCUT2D eigenvalue weighted by Gasteiger charge is 2.09. The van der Waals surface area contributed by atoms with Crippen molar-refractivity contribution in [2.24, 2.45) is 0 Å². The Morgan fingerprint density at radius 3 is 2.67 bits per heavy atom. The molecule has 5 nitrogen and oxygen atoms in total. The molecule has 0 aliphatic carbocycles. The van der Waals surface area contributed by atoms with Crippen molar-refractivity contribution in [2.45, 2.75) is 19.9 Å². The Bertz CT molecular complexity index is 626. The lowest BCUT2D eigenvalue weighted by Crippen LogP contribution is -2.22.